The van der Waals surface area contributed by atoms with Gasteiger partial charge in [0.15, 0.2) is 0 Å². The zero-order chi connectivity index (χ0) is 16.0. The molecule has 116 valence electrons. The lowest BCUT2D eigenvalue weighted by molar-refractivity contribution is -0.130. The molecule has 6 heteroatoms. The maximum Gasteiger partial charge on any atom is 0.254 e. The van der Waals surface area contributed by atoms with Crippen LogP contribution in [0.15, 0.2) is 18.2 Å². The number of anilines is 1. The molecule has 0 bridgehead atoms. The first-order valence-corrected chi connectivity index (χ1v) is 6.89. The van der Waals surface area contributed by atoms with Crippen LogP contribution in [0.4, 0.5) is 5.69 Å². The molecule has 0 heterocycles. The summed E-state index contributed by atoms with van der Waals surface area (Å²) in [5.41, 5.74) is 10.7. The highest BCUT2D eigenvalue weighted by molar-refractivity contribution is 6.00. The number of carbonyl (C=O) groups is 2. The van der Waals surface area contributed by atoms with Crippen LogP contribution in [0, 0.1) is 5.41 Å². The first-order valence-electron chi connectivity index (χ1n) is 6.89. The summed E-state index contributed by atoms with van der Waals surface area (Å²) in [5.74, 6) is -0.468. The number of hydrogen-bond donors (Lipinski definition) is 3. The van der Waals surface area contributed by atoms with Crippen LogP contribution in [-0.4, -0.2) is 25.0 Å². The predicted octanol–water partition coefficient (Wildman–Crippen LogP) is 1.30. The minimum Gasteiger partial charge on any atom is -0.492 e. The van der Waals surface area contributed by atoms with Gasteiger partial charge >= 0.3 is 0 Å². The molecule has 0 fully saturated rings. The van der Waals surface area contributed by atoms with Gasteiger partial charge in [-0.2, -0.15) is 0 Å². The molecule has 0 unspecified atom stereocenters. The van der Waals surface area contributed by atoms with Gasteiger partial charge in [0.05, 0.1) is 5.41 Å². The Morgan fingerprint density at radius 1 is 1.33 bits per heavy atom. The number of carbonyl (C=O) groups excluding carboxylic acids is 2. The highest BCUT2D eigenvalue weighted by atomic mass is 16.5. The monoisotopic (exact) mass is 293 g/mol. The van der Waals surface area contributed by atoms with Crippen LogP contribution >= 0.6 is 0 Å². The molecule has 21 heavy (non-hydrogen) atoms. The van der Waals surface area contributed by atoms with Crippen molar-refractivity contribution in [1.82, 2.24) is 5.32 Å². The van der Waals surface area contributed by atoms with Gasteiger partial charge < -0.3 is 21.5 Å². The summed E-state index contributed by atoms with van der Waals surface area (Å²) in [4.78, 5) is 23.4. The number of ether oxygens (including phenoxy) is 1. The molecule has 0 aromatic heterocycles. The van der Waals surface area contributed by atoms with E-state index in [0.717, 1.165) is 6.42 Å². The number of primary amides is 1. The number of nitrogens with two attached hydrogens (primary N) is 2. The van der Waals surface area contributed by atoms with Crippen molar-refractivity contribution in [3.8, 4) is 5.75 Å². The molecule has 0 atom stereocenters. The summed E-state index contributed by atoms with van der Waals surface area (Å²) in [5, 5.41) is 2.82. The van der Waals surface area contributed by atoms with E-state index < -0.39 is 11.3 Å². The lowest BCUT2D eigenvalue weighted by atomic mass is 9.93. The highest BCUT2D eigenvalue weighted by Gasteiger charge is 2.29. The van der Waals surface area contributed by atoms with Crippen molar-refractivity contribution < 1.29 is 14.3 Å². The van der Waals surface area contributed by atoms with Crippen LogP contribution in [0.2, 0.25) is 0 Å². The molecule has 5 N–H and O–H groups in total. The number of amides is 2. The zero-order valence-electron chi connectivity index (χ0n) is 12.7. The first-order chi connectivity index (χ1) is 9.79. The quantitative estimate of drug-likeness (QED) is 0.658. The van der Waals surface area contributed by atoms with E-state index in [4.69, 9.17) is 16.2 Å². The summed E-state index contributed by atoms with van der Waals surface area (Å²) >= 11 is 0. The molecular formula is C15H23N3O3. The van der Waals surface area contributed by atoms with E-state index in [1.165, 1.54) is 0 Å². The zero-order valence-corrected chi connectivity index (χ0v) is 12.7. The van der Waals surface area contributed by atoms with Crippen LogP contribution in [0.5, 0.6) is 5.75 Å². The normalized spacial score (nSPS) is 11.0. The fourth-order valence-corrected chi connectivity index (χ4v) is 1.73. The third-order valence-electron chi connectivity index (χ3n) is 3.04. The van der Waals surface area contributed by atoms with E-state index in [2.05, 4.69) is 5.32 Å². The number of nitrogens with one attached hydrogen (secondary N) is 1. The van der Waals surface area contributed by atoms with Crippen molar-refractivity contribution in [3.63, 3.8) is 0 Å². The number of nitrogen functional groups attached to an aromatic ring is 1. The molecule has 2 amide bonds. The van der Waals surface area contributed by atoms with Crippen LogP contribution in [0.1, 0.15) is 37.6 Å². The Morgan fingerprint density at radius 3 is 2.57 bits per heavy atom. The smallest absolute Gasteiger partial charge is 0.254 e. The lowest BCUT2D eigenvalue weighted by Gasteiger charge is -2.24. The van der Waals surface area contributed by atoms with Crippen LogP contribution in [-0.2, 0) is 4.79 Å². The second-order valence-electron chi connectivity index (χ2n) is 5.51. The van der Waals surface area contributed by atoms with Gasteiger partial charge in [0.2, 0.25) is 5.91 Å². The lowest BCUT2D eigenvalue weighted by Crippen LogP contribution is -2.41. The standard InChI is InChI=1S/C15H23N3O3/c1-4-8-18-14(20)15(2,3)9-21-11-7-5-6-10(16)12(11)13(17)19/h5-7H,4,8-9,16H2,1-3H3,(H2,17,19)(H,18,20). The summed E-state index contributed by atoms with van der Waals surface area (Å²) < 4.78 is 5.60. The number of hydrogen-bond acceptors (Lipinski definition) is 4. The Hall–Kier alpha value is -2.24. The van der Waals surface area contributed by atoms with Crippen molar-refractivity contribution in [1.29, 1.82) is 0 Å². The Bertz CT molecular complexity index is 527. The Balaban J connectivity index is 2.81. The third-order valence-corrected chi connectivity index (χ3v) is 3.04. The van der Waals surface area contributed by atoms with Gasteiger partial charge in [-0.3, -0.25) is 9.59 Å². The Labute approximate surface area is 124 Å². The van der Waals surface area contributed by atoms with Gasteiger partial charge in [0.1, 0.15) is 17.9 Å². The summed E-state index contributed by atoms with van der Waals surface area (Å²) in [7, 11) is 0. The van der Waals surface area contributed by atoms with Crippen LogP contribution in [0.25, 0.3) is 0 Å². The number of benzene rings is 1. The van der Waals surface area contributed by atoms with E-state index in [9.17, 15) is 9.59 Å². The SMILES string of the molecule is CCCNC(=O)C(C)(C)COc1cccc(N)c1C(N)=O. The average molecular weight is 293 g/mol. The molecule has 0 aliphatic heterocycles. The van der Waals surface area contributed by atoms with Crippen LogP contribution < -0.4 is 21.5 Å². The average Bonchev–Trinajstić information content (AvgIpc) is 2.42. The molecule has 0 spiro atoms. The van der Waals surface area contributed by atoms with Gasteiger partial charge in [0, 0.05) is 12.2 Å². The highest BCUT2D eigenvalue weighted by Crippen LogP contribution is 2.26. The first kappa shape index (κ1) is 16.8. The molecule has 0 saturated carbocycles. The Morgan fingerprint density at radius 2 is 2.00 bits per heavy atom. The van der Waals surface area contributed by atoms with E-state index in [1.54, 1.807) is 32.0 Å². The maximum absolute atomic E-state index is 12.0. The van der Waals surface area contributed by atoms with Gasteiger partial charge in [-0.15, -0.1) is 0 Å². The molecule has 0 aliphatic rings. The van der Waals surface area contributed by atoms with E-state index in [1.807, 2.05) is 6.92 Å². The van der Waals surface area contributed by atoms with Crippen molar-refractivity contribution in [2.24, 2.45) is 11.1 Å². The topological polar surface area (TPSA) is 107 Å². The van der Waals surface area contributed by atoms with E-state index >= 15 is 0 Å². The van der Waals surface area contributed by atoms with E-state index in [-0.39, 0.29) is 23.8 Å². The maximum atomic E-state index is 12.0. The minimum absolute atomic E-state index is 0.103. The molecule has 1 aromatic rings. The summed E-state index contributed by atoms with van der Waals surface area (Å²) in [6.07, 6.45) is 0.865. The van der Waals surface area contributed by atoms with Crippen LogP contribution in [0.3, 0.4) is 0 Å². The van der Waals surface area contributed by atoms with Gasteiger partial charge in [-0.1, -0.05) is 13.0 Å². The fraction of sp³-hybridized carbons (Fsp3) is 0.467. The van der Waals surface area contributed by atoms with E-state index in [0.29, 0.717) is 12.3 Å². The van der Waals surface area contributed by atoms with Crippen molar-refractivity contribution in [2.45, 2.75) is 27.2 Å². The molecule has 6 nitrogen and oxygen atoms in total. The fourth-order valence-electron chi connectivity index (χ4n) is 1.73. The van der Waals surface area contributed by atoms with Crippen molar-refractivity contribution >= 4 is 17.5 Å². The molecule has 1 aromatic carbocycles. The van der Waals surface area contributed by atoms with Crippen molar-refractivity contribution in [2.75, 3.05) is 18.9 Å². The molecule has 0 radical (unpaired) electrons. The second kappa shape index (κ2) is 6.97. The predicted molar refractivity (Wildman–Crippen MR) is 81.9 cm³/mol. The molecule has 1 rings (SSSR count). The van der Waals surface area contributed by atoms with Gasteiger partial charge in [0.25, 0.3) is 5.91 Å². The minimum atomic E-state index is -0.727. The Kier molecular flexibility index (Phi) is 5.58. The summed E-state index contributed by atoms with van der Waals surface area (Å²) in [6.45, 7) is 6.26. The molecule has 0 saturated heterocycles. The van der Waals surface area contributed by atoms with Crippen molar-refractivity contribution in [3.05, 3.63) is 23.8 Å². The van der Waals surface area contributed by atoms with Gasteiger partial charge in [-0.05, 0) is 32.4 Å². The van der Waals surface area contributed by atoms with Gasteiger partial charge in [-0.25, -0.2) is 0 Å². The second-order valence-corrected chi connectivity index (χ2v) is 5.51. The third kappa shape index (κ3) is 4.37. The molecular weight excluding hydrogens is 270 g/mol. The summed E-state index contributed by atoms with van der Waals surface area (Å²) in [6, 6.07) is 4.85. The number of rotatable bonds is 7. The largest absolute Gasteiger partial charge is 0.492 e. The molecule has 0 aliphatic carbocycles.